The Morgan fingerprint density at radius 1 is 1.24 bits per heavy atom. The molecule has 0 aliphatic rings. The predicted octanol–water partition coefficient (Wildman–Crippen LogP) is 3.90. The number of alkyl halides is 3. The molecule has 0 radical (unpaired) electrons. The van der Waals surface area contributed by atoms with Gasteiger partial charge >= 0.3 is 6.18 Å². The van der Waals surface area contributed by atoms with Gasteiger partial charge in [-0.1, -0.05) is 39.0 Å². The van der Waals surface area contributed by atoms with Gasteiger partial charge in [-0.3, -0.25) is 0 Å². The van der Waals surface area contributed by atoms with E-state index in [1.165, 1.54) is 12.1 Å². The lowest BCUT2D eigenvalue weighted by Gasteiger charge is -2.30. The smallest absolute Gasteiger partial charge is 0.380 e. The molecule has 0 saturated heterocycles. The highest BCUT2D eigenvalue weighted by Gasteiger charge is 2.31. The van der Waals surface area contributed by atoms with E-state index in [9.17, 15) is 13.2 Å². The second-order valence-electron chi connectivity index (χ2n) is 5.51. The van der Waals surface area contributed by atoms with Crippen LogP contribution in [0.3, 0.4) is 0 Å². The molecule has 0 saturated carbocycles. The van der Waals surface area contributed by atoms with Crippen molar-refractivity contribution in [3.8, 4) is 0 Å². The summed E-state index contributed by atoms with van der Waals surface area (Å²) in [6.45, 7) is 6.82. The number of ether oxygens (including phenoxy) is 1. The fourth-order valence-corrected chi connectivity index (χ4v) is 2.60. The van der Waals surface area contributed by atoms with Crippen molar-refractivity contribution in [2.45, 2.75) is 45.5 Å². The molecule has 1 aromatic carbocycles. The summed E-state index contributed by atoms with van der Waals surface area (Å²) in [7, 11) is 1.64. The van der Waals surface area contributed by atoms with E-state index in [1.54, 1.807) is 13.2 Å². The average molecular weight is 303 g/mol. The van der Waals surface area contributed by atoms with Gasteiger partial charge in [-0.05, 0) is 30.5 Å². The minimum Gasteiger partial charge on any atom is -0.380 e. The first-order valence-corrected chi connectivity index (χ1v) is 7.21. The molecule has 2 nitrogen and oxygen atoms in total. The molecule has 0 aromatic heterocycles. The molecule has 0 bridgehead atoms. The second kappa shape index (κ2) is 7.80. The van der Waals surface area contributed by atoms with Gasteiger partial charge in [0.05, 0.1) is 11.7 Å². The number of likely N-dealkylation sites (N-methyl/N-ethyl adjacent to an activating group) is 1. The summed E-state index contributed by atoms with van der Waals surface area (Å²) >= 11 is 0. The van der Waals surface area contributed by atoms with Crippen molar-refractivity contribution < 1.29 is 17.9 Å². The molecule has 1 aromatic rings. The maximum Gasteiger partial charge on any atom is 0.416 e. The third kappa shape index (κ3) is 5.32. The minimum atomic E-state index is -4.30. The number of nitrogens with one attached hydrogen (secondary N) is 1. The Morgan fingerprint density at radius 2 is 1.90 bits per heavy atom. The molecule has 2 unspecified atom stereocenters. The fourth-order valence-electron chi connectivity index (χ4n) is 2.60. The van der Waals surface area contributed by atoms with E-state index >= 15 is 0 Å². The number of hydrogen-bond acceptors (Lipinski definition) is 2. The standard InChI is InChI=1S/C16H24F3NO/c1-5-20-14(15(21-4)11(2)3)10-12-7-6-8-13(9-12)16(17,18)19/h6-9,11,14-15,20H,5,10H2,1-4H3. The summed E-state index contributed by atoms with van der Waals surface area (Å²) in [4.78, 5) is 0. The highest BCUT2D eigenvalue weighted by Crippen LogP contribution is 2.30. The van der Waals surface area contributed by atoms with Crippen LogP contribution in [0.5, 0.6) is 0 Å². The van der Waals surface area contributed by atoms with E-state index in [1.807, 2.05) is 20.8 Å². The maximum absolute atomic E-state index is 12.8. The molecule has 0 aliphatic carbocycles. The zero-order valence-electron chi connectivity index (χ0n) is 13.0. The van der Waals surface area contributed by atoms with Gasteiger partial charge in [-0.25, -0.2) is 0 Å². The Balaban J connectivity index is 2.93. The molecule has 0 aliphatic heterocycles. The molecular formula is C16H24F3NO. The van der Waals surface area contributed by atoms with Crippen molar-refractivity contribution in [3.05, 3.63) is 35.4 Å². The van der Waals surface area contributed by atoms with E-state index in [4.69, 9.17) is 4.74 Å². The molecule has 2 atom stereocenters. The van der Waals surface area contributed by atoms with E-state index in [2.05, 4.69) is 5.32 Å². The van der Waals surface area contributed by atoms with Crippen molar-refractivity contribution in [2.24, 2.45) is 5.92 Å². The first-order valence-electron chi connectivity index (χ1n) is 7.21. The van der Waals surface area contributed by atoms with Crippen molar-refractivity contribution in [1.82, 2.24) is 5.32 Å². The van der Waals surface area contributed by atoms with Gasteiger partial charge < -0.3 is 10.1 Å². The number of benzene rings is 1. The first-order chi connectivity index (χ1) is 9.79. The van der Waals surface area contributed by atoms with E-state index < -0.39 is 11.7 Å². The Morgan fingerprint density at radius 3 is 2.38 bits per heavy atom. The summed E-state index contributed by atoms with van der Waals surface area (Å²) in [6, 6.07) is 5.49. The molecule has 5 heteroatoms. The van der Waals surface area contributed by atoms with Crippen molar-refractivity contribution in [1.29, 1.82) is 0 Å². The van der Waals surface area contributed by atoms with Gasteiger partial charge in [-0.2, -0.15) is 13.2 Å². The van der Waals surface area contributed by atoms with Crippen LogP contribution in [0.15, 0.2) is 24.3 Å². The summed E-state index contributed by atoms with van der Waals surface area (Å²) < 4.78 is 43.8. The lowest BCUT2D eigenvalue weighted by molar-refractivity contribution is -0.137. The number of rotatable bonds is 7. The van der Waals surface area contributed by atoms with Gasteiger partial charge in [0, 0.05) is 13.2 Å². The quantitative estimate of drug-likeness (QED) is 0.825. The molecule has 1 N–H and O–H groups in total. The molecule has 0 heterocycles. The third-order valence-electron chi connectivity index (χ3n) is 3.50. The first kappa shape index (κ1) is 18.0. The molecule has 120 valence electrons. The van der Waals surface area contributed by atoms with Gasteiger partial charge in [-0.15, -0.1) is 0 Å². The van der Waals surface area contributed by atoms with Crippen LogP contribution in [0.4, 0.5) is 13.2 Å². The zero-order valence-corrected chi connectivity index (χ0v) is 13.0. The molecule has 1 rings (SSSR count). The van der Waals surface area contributed by atoms with Crippen molar-refractivity contribution >= 4 is 0 Å². The summed E-state index contributed by atoms with van der Waals surface area (Å²) in [6.07, 6.45) is -3.84. The van der Waals surface area contributed by atoms with E-state index in [0.717, 1.165) is 12.6 Å². The molecule has 21 heavy (non-hydrogen) atoms. The topological polar surface area (TPSA) is 21.3 Å². The van der Waals surface area contributed by atoms with E-state index in [-0.39, 0.29) is 18.1 Å². The van der Waals surface area contributed by atoms with Crippen LogP contribution in [-0.4, -0.2) is 25.8 Å². The van der Waals surface area contributed by atoms with Crippen LogP contribution in [0.2, 0.25) is 0 Å². The summed E-state index contributed by atoms with van der Waals surface area (Å²) in [5.41, 5.74) is 0.0623. The number of halogens is 3. The van der Waals surface area contributed by atoms with Crippen LogP contribution in [0.25, 0.3) is 0 Å². The monoisotopic (exact) mass is 303 g/mol. The molecule has 0 fully saturated rings. The molecule has 0 amide bonds. The van der Waals surface area contributed by atoms with Gasteiger partial charge in [0.2, 0.25) is 0 Å². The number of hydrogen-bond donors (Lipinski definition) is 1. The van der Waals surface area contributed by atoms with Gasteiger partial charge in [0.1, 0.15) is 0 Å². The minimum absolute atomic E-state index is 0.0107. The van der Waals surface area contributed by atoms with Crippen molar-refractivity contribution in [3.63, 3.8) is 0 Å². The maximum atomic E-state index is 12.8. The van der Waals surface area contributed by atoms with Crippen LogP contribution >= 0.6 is 0 Å². The van der Waals surface area contributed by atoms with Crippen LogP contribution in [-0.2, 0) is 17.3 Å². The highest BCUT2D eigenvalue weighted by atomic mass is 19.4. The molecular weight excluding hydrogens is 279 g/mol. The Bertz CT molecular complexity index is 432. The number of methoxy groups -OCH3 is 1. The van der Waals surface area contributed by atoms with Gasteiger partial charge in [0.25, 0.3) is 0 Å². The molecule has 0 spiro atoms. The third-order valence-corrected chi connectivity index (χ3v) is 3.50. The normalized spacial score (nSPS) is 15.2. The zero-order chi connectivity index (χ0) is 16.0. The lowest BCUT2D eigenvalue weighted by Crippen LogP contribution is -2.45. The highest BCUT2D eigenvalue weighted by molar-refractivity contribution is 5.26. The lowest BCUT2D eigenvalue weighted by atomic mass is 9.93. The SMILES string of the molecule is CCNC(Cc1cccc(C(F)(F)F)c1)C(OC)C(C)C. The van der Waals surface area contributed by atoms with Crippen molar-refractivity contribution in [2.75, 3.05) is 13.7 Å². The fraction of sp³-hybridized carbons (Fsp3) is 0.625. The van der Waals surface area contributed by atoms with E-state index in [0.29, 0.717) is 12.0 Å². The Labute approximate surface area is 124 Å². The Hall–Kier alpha value is -1.07. The second-order valence-corrected chi connectivity index (χ2v) is 5.51. The predicted molar refractivity (Wildman–Crippen MR) is 78.2 cm³/mol. The van der Waals surface area contributed by atoms with Crippen LogP contribution in [0.1, 0.15) is 31.9 Å². The summed E-state index contributed by atoms with van der Waals surface area (Å²) in [5, 5.41) is 3.32. The largest absolute Gasteiger partial charge is 0.416 e. The van der Waals surface area contributed by atoms with Crippen LogP contribution in [0, 0.1) is 5.92 Å². The average Bonchev–Trinajstić information content (AvgIpc) is 2.38. The summed E-state index contributed by atoms with van der Waals surface area (Å²) in [5.74, 6) is 0.282. The van der Waals surface area contributed by atoms with Crippen LogP contribution < -0.4 is 5.32 Å². The Kier molecular flexibility index (Phi) is 6.68. The van der Waals surface area contributed by atoms with Gasteiger partial charge in [0.15, 0.2) is 0 Å².